The largest absolute Gasteiger partial charge is 0.339 e. The maximum atomic E-state index is 13.8. The molecule has 184 valence electrons. The van der Waals surface area contributed by atoms with Crippen molar-refractivity contribution in [3.05, 3.63) is 77.4 Å². The number of nitrogens with zero attached hydrogens (tertiary/aromatic N) is 5. The number of aromatic nitrogens is 3. The Kier molecular flexibility index (Phi) is 6.69. The molecule has 0 aliphatic carbocycles. The summed E-state index contributed by atoms with van der Waals surface area (Å²) in [5.74, 6) is 0.419. The van der Waals surface area contributed by atoms with Crippen LogP contribution >= 0.6 is 11.6 Å². The molecular formula is C27H28ClN6O2+. The second kappa shape index (κ2) is 10.1. The fraction of sp³-hybridized carbons (Fsp3) is 0.296. The zero-order valence-electron chi connectivity index (χ0n) is 20.2. The van der Waals surface area contributed by atoms with Crippen molar-refractivity contribution in [2.45, 2.75) is 19.4 Å². The van der Waals surface area contributed by atoms with Crippen LogP contribution in [-0.2, 0) is 11.3 Å². The summed E-state index contributed by atoms with van der Waals surface area (Å²) in [5, 5.41) is 4.58. The van der Waals surface area contributed by atoms with Crippen molar-refractivity contribution < 1.29 is 9.37 Å². The zero-order chi connectivity index (χ0) is 25.2. The molecule has 5 rings (SSSR count). The van der Waals surface area contributed by atoms with Crippen LogP contribution in [0, 0.1) is 5.92 Å². The number of rotatable bonds is 6. The second-order valence-corrected chi connectivity index (χ2v) is 9.56. The van der Waals surface area contributed by atoms with Gasteiger partial charge >= 0.3 is 0 Å². The van der Waals surface area contributed by atoms with Gasteiger partial charge in [-0.2, -0.15) is 4.98 Å². The quantitative estimate of drug-likeness (QED) is 0.411. The van der Waals surface area contributed by atoms with Crippen LogP contribution in [0.1, 0.15) is 12.8 Å². The van der Waals surface area contributed by atoms with Gasteiger partial charge in [-0.25, -0.2) is 9.56 Å². The Bertz CT molecular complexity index is 1460. The third-order valence-electron chi connectivity index (χ3n) is 6.74. The maximum Gasteiger partial charge on any atom is 0.293 e. The van der Waals surface area contributed by atoms with E-state index in [1.807, 2.05) is 54.1 Å². The van der Waals surface area contributed by atoms with Gasteiger partial charge < -0.3 is 10.2 Å². The van der Waals surface area contributed by atoms with Crippen molar-refractivity contribution in [3.8, 4) is 11.1 Å². The summed E-state index contributed by atoms with van der Waals surface area (Å²) in [6.45, 7) is 6.12. The number of carbonyl (C=O) groups excluding carboxylic acids is 1. The number of anilines is 1. The Hall–Kier alpha value is -3.78. The van der Waals surface area contributed by atoms with E-state index in [0.717, 1.165) is 36.0 Å². The van der Waals surface area contributed by atoms with Crippen molar-refractivity contribution in [1.29, 1.82) is 0 Å². The molecule has 9 heteroatoms. The second-order valence-electron chi connectivity index (χ2n) is 9.20. The van der Waals surface area contributed by atoms with Gasteiger partial charge in [0.15, 0.2) is 0 Å². The van der Waals surface area contributed by atoms with Crippen molar-refractivity contribution in [1.82, 2.24) is 19.4 Å². The van der Waals surface area contributed by atoms with Gasteiger partial charge in [0.05, 0.1) is 0 Å². The number of hydrogen-bond donors (Lipinski definition) is 1. The average molecular weight is 504 g/mol. The fourth-order valence-corrected chi connectivity index (χ4v) is 5.00. The van der Waals surface area contributed by atoms with Gasteiger partial charge in [-0.05, 0) is 47.7 Å². The van der Waals surface area contributed by atoms with Gasteiger partial charge in [0.25, 0.3) is 10.7 Å². The van der Waals surface area contributed by atoms with Gasteiger partial charge in [-0.15, -0.1) is 0 Å². The van der Waals surface area contributed by atoms with Gasteiger partial charge in [-0.3, -0.25) is 14.2 Å². The fourth-order valence-electron chi connectivity index (χ4n) is 4.80. The van der Waals surface area contributed by atoms with E-state index in [1.165, 1.54) is 6.08 Å². The Balaban J connectivity index is 1.56. The summed E-state index contributed by atoms with van der Waals surface area (Å²) >= 11 is 6.47. The normalized spacial score (nSPS) is 17.9. The van der Waals surface area contributed by atoms with Crippen molar-refractivity contribution in [2.24, 2.45) is 5.92 Å². The summed E-state index contributed by atoms with van der Waals surface area (Å²) in [5.41, 5.74) is 2.61. The predicted molar refractivity (Wildman–Crippen MR) is 142 cm³/mol. The molecule has 0 spiro atoms. The highest BCUT2D eigenvalue weighted by Gasteiger charge is 2.27. The molecule has 2 aromatic heterocycles. The third kappa shape index (κ3) is 4.68. The first kappa shape index (κ1) is 23.9. The lowest BCUT2D eigenvalue weighted by Gasteiger charge is -2.18. The number of nitrogens with one attached hydrogen (secondary N) is 1. The first-order valence-corrected chi connectivity index (χ1v) is 12.4. The van der Waals surface area contributed by atoms with Crippen LogP contribution in [-0.4, -0.2) is 61.8 Å². The number of likely N-dealkylation sites (tertiary alicyclic amines) is 1. The van der Waals surface area contributed by atoms with E-state index in [1.54, 1.807) is 15.7 Å². The van der Waals surface area contributed by atoms with Gasteiger partial charge in [0.2, 0.25) is 11.9 Å². The molecule has 0 bridgehead atoms. The highest BCUT2D eigenvalue weighted by Crippen LogP contribution is 2.24. The zero-order valence-corrected chi connectivity index (χ0v) is 20.9. The van der Waals surface area contributed by atoms with E-state index < -0.39 is 0 Å². The van der Waals surface area contributed by atoms with Crippen LogP contribution in [0.4, 0.5) is 5.95 Å². The number of carbonyl (C=O) groups is 1. The lowest BCUT2D eigenvalue weighted by atomic mass is 10.0. The molecule has 1 aromatic carbocycles. The van der Waals surface area contributed by atoms with Crippen LogP contribution in [0.15, 0.2) is 71.8 Å². The van der Waals surface area contributed by atoms with Crippen LogP contribution < -0.4 is 10.9 Å². The molecule has 0 radical (unpaired) electrons. The molecule has 2 aliphatic rings. The number of hydrogen-bond acceptors (Lipinski definition) is 5. The molecule has 36 heavy (non-hydrogen) atoms. The first-order chi connectivity index (χ1) is 17.4. The number of fused-ring (bicyclic) bond motifs is 1. The highest BCUT2D eigenvalue weighted by molar-refractivity contribution is 6.68. The number of allylic oxidation sites excluding steroid dienone is 1. The minimum atomic E-state index is -0.118. The van der Waals surface area contributed by atoms with Crippen LogP contribution in [0.25, 0.3) is 22.2 Å². The van der Waals surface area contributed by atoms with Crippen molar-refractivity contribution >= 4 is 39.7 Å². The highest BCUT2D eigenvalue weighted by atomic mass is 35.5. The van der Waals surface area contributed by atoms with Gasteiger partial charge in [0.1, 0.15) is 24.9 Å². The summed E-state index contributed by atoms with van der Waals surface area (Å²) in [7, 11) is 1.93. The Morgan fingerprint density at radius 3 is 2.92 bits per heavy atom. The number of pyridine rings is 1. The van der Waals surface area contributed by atoms with E-state index in [4.69, 9.17) is 16.6 Å². The van der Waals surface area contributed by atoms with Crippen LogP contribution in [0.5, 0.6) is 0 Å². The van der Waals surface area contributed by atoms with Crippen molar-refractivity contribution in [3.63, 3.8) is 0 Å². The SMILES string of the molecule is C=CC(=O)N1CCC(Cn2c(=O)c(-c3ccccc3)cc3cnc(NC4=CCC[N+](C)=C4Cl)nc32)C1. The van der Waals surface area contributed by atoms with Crippen LogP contribution in [0.3, 0.4) is 0 Å². The summed E-state index contributed by atoms with van der Waals surface area (Å²) < 4.78 is 3.69. The smallest absolute Gasteiger partial charge is 0.293 e. The molecule has 1 unspecified atom stereocenters. The topological polar surface area (TPSA) is 83.1 Å². The first-order valence-electron chi connectivity index (χ1n) is 12.0. The minimum absolute atomic E-state index is 0.0830. The lowest BCUT2D eigenvalue weighted by Crippen LogP contribution is -2.30. The molecule has 1 atom stereocenters. The van der Waals surface area contributed by atoms with E-state index in [2.05, 4.69) is 16.9 Å². The molecule has 8 nitrogen and oxygen atoms in total. The minimum Gasteiger partial charge on any atom is -0.339 e. The van der Waals surface area contributed by atoms with E-state index >= 15 is 0 Å². The lowest BCUT2D eigenvalue weighted by molar-refractivity contribution is -0.494. The Morgan fingerprint density at radius 2 is 2.14 bits per heavy atom. The molecule has 4 heterocycles. The van der Waals surface area contributed by atoms with Gasteiger partial charge in [0, 0.05) is 43.2 Å². The molecule has 1 fully saturated rings. The number of halogens is 1. The maximum absolute atomic E-state index is 13.8. The standard InChI is InChI=1S/C27H27ClN6O2/c1-3-23(35)33-13-11-18(16-33)17-34-25-20(14-21(26(34)36)19-8-5-4-6-9-19)15-29-27(31-25)30-22-10-7-12-32(2)24(22)28/h3-6,8-10,14-15,18H,1,7,11-13,16-17H2,2H3/p+1. The van der Waals surface area contributed by atoms with E-state index in [0.29, 0.717) is 42.0 Å². The molecule has 1 saturated heterocycles. The van der Waals surface area contributed by atoms with E-state index in [9.17, 15) is 9.59 Å². The predicted octanol–water partition coefficient (Wildman–Crippen LogP) is 3.47. The number of amides is 1. The molecule has 2 aliphatic heterocycles. The van der Waals surface area contributed by atoms with Crippen molar-refractivity contribution in [2.75, 3.05) is 32.0 Å². The van der Waals surface area contributed by atoms with Crippen LogP contribution in [0.2, 0.25) is 0 Å². The molecule has 0 saturated carbocycles. The Labute approximate surface area is 214 Å². The third-order valence-corrected chi connectivity index (χ3v) is 7.23. The van der Waals surface area contributed by atoms with E-state index in [-0.39, 0.29) is 17.4 Å². The molecule has 1 amide bonds. The summed E-state index contributed by atoms with van der Waals surface area (Å²) in [4.78, 5) is 36.9. The Morgan fingerprint density at radius 1 is 1.33 bits per heavy atom. The van der Waals surface area contributed by atoms with Gasteiger partial charge in [-0.1, -0.05) is 36.9 Å². The summed E-state index contributed by atoms with van der Waals surface area (Å²) in [6.07, 6.45) is 6.75. The molecular weight excluding hydrogens is 476 g/mol. The molecule has 3 aromatic rings. The number of benzene rings is 1. The monoisotopic (exact) mass is 503 g/mol. The molecule has 1 N–H and O–H groups in total. The average Bonchev–Trinajstić information content (AvgIpc) is 3.37. The summed E-state index contributed by atoms with van der Waals surface area (Å²) in [6, 6.07) is 11.5.